The monoisotopic (exact) mass is 384 g/mol. The van der Waals surface area contributed by atoms with E-state index in [0.717, 1.165) is 0 Å². The van der Waals surface area contributed by atoms with Crippen LogP contribution in [0.25, 0.3) is 22.1 Å². The molecule has 8 nitrogen and oxygen atoms in total. The Morgan fingerprint density at radius 1 is 0.963 bits per heavy atom. The molecule has 2 aromatic carbocycles. The predicted molar refractivity (Wildman–Crippen MR) is 98.0 cm³/mol. The molecule has 0 atom stereocenters. The lowest BCUT2D eigenvalue weighted by molar-refractivity contribution is 0.0997. The summed E-state index contributed by atoms with van der Waals surface area (Å²) in [5, 5.41) is 8.12. The summed E-state index contributed by atoms with van der Waals surface area (Å²) in [6.45, 7) is 0. The van der Waals surface area contributed by atoms with Crippen molar-refractivity contribution in [2.45, 2.75) is 4.90 Å². The number of hydrogen-bond donors (Lipinski definition) is 2. The van der Waals surface area contributed by atoms with Gasteiger partial charge in [0.1, 0.15) is 11.0 Å². The highest BCUT2D eigenvalue weighted by Crippen LogP contribution is 2.22. The minimum absolute atomic E-state index is 0.0478. The lowest BCUT2D eigenvalue weighted by atomic mass is 10.2. The zero-order valence-electron chi connectivity index (χ0n) is 13.6. The van der Waals surface area contributed by atoms with E-state index in [4.69, 9.17) is 14.0 Å². The Balaban J connectivity index is 1.68. The van der Waals surface area contributed by atoms with Crippen molar-refractivity contribution >= 4 is 43.8 Å². The minimum atomic E-state index is -3.82. The number of hydrogen-bond acceptors (Lipinski definition) is 6. The Labute approximate surface area is 152 Å². The molecule has 4 aromatic rings. The van der Waals surface area contributed by atoms with Crippen LogP contribution in [-0.4, -0.2) is 14.3 Å². The molecule has 0 radical (unpaired) electrons. The largest absolute Gasteiger partial charge is 0.425 e. The number of carbonyl (C=O) groups excluding carboxylic acids is 1. The molecule has 0 spiro atoms. The first-order valence-corrected chi connectivity index (χ1v) is 9.27. The molecular weight excluding hydrogens is 372 g/mol. The molecule has 3 N–H and O–H groups in total. The van der Waals surface area contributed by atoms with Crippen molar-refractivity contribution in [3.05, 3.63) is 70.6 Å². The van der Waals surface area contributed by atoms with Gasteiger partial charge in [-0.25, -0.2) is 13.6 Å². The van der Waals surface area contributed by atoms with E-state index in [1.807, 2.05) is 0 Å². The molecule has 136 valence electrons. The van der Waals surface area contributed by atoms with E-state index in [0.29, 0.717) is 16.7 Å². The molecule has 2 heterocycles. The van der Waals surface area contributed by atoms with Crippen LogP contribution in [-0.2, 0) is 10.0 Å². The van der Waals surface area contributed by atoms with E-state index in [-0.39, 0.29) is 27.3 Å². The molecule has 9 heteroatoms. The third-order valence-corrected chi connectivity index (χ3v) is 4.87. The van der Waals surface area contributed by atoms with Crippen LogP contribution in [0.2, 0.25) is 0 Å². The van der Waals surface area contributed by atoms with Gasteiger partial charge in [0.15, 0.2) is 5.76 Å². The van der Waals surface area contributed by atoms with E-state index < -0.39 is 15.9 Å². The first-order chi connectivity index (χ1) is 12.8. The first kappa shape index (κ1) is 17.0. The smallest absolute Gasteiger partial charge is 0.302 e. The second-order valence-corrected chi connectivity index (χ2v) is 7.32. The van der Waals surface area contributed by atoms with Crippen molar-refractivity contribution in [3.63, 3.8) is 0 Å². The lowest BCUT2D eigenvalue weighted by Crippen LogP contribution is -2.13. The second kappa shape index (κ2) is 6.08. The number of rotatable bonds is 3. The Morgan fingerprint density at radius 3 is 2.37 bits per heavy atom. The van der Waals surface area contributed by atoms with Crippen LogP contribution in [0.3, 0.4) is 0 Å². The molecule has 0 aliphatic carbocycles. The van der Waals surface area contributed by atoms with Gasteiger partial charge in [0, 0.05) is 11.8 Å². The van der Waals surface area contributed by atoms with Gasteiger partial charge in [-0.1, -0.05) is 12.1 Å². The van der Waals surface area contributed by atoms with Crippen LogP contribution in [0.1, 0.15) is 10.6 Å². The average Bonchev–Trinajstić information content (AvgIpc) is 3.06. The van der Waals surface area contributed by atoms with Gasteiger partial charge in [0.2, 0.25) is 15.5 Å². The van der Waals surface area contributed by atoms with Gasteiger partial charge in [0.25, 0.3) is 5.91 Å². The van der Waals surface area contributed by atoms with Crippen molar-refractivity contribution < 1.29 is 22.0 Å². The number of nitrogens with two attached hydrogens (primary N) is 1. The fourth-order valence-electron chi connectivity index (χ4n) is 2.63. The molecule has 2 aromatic heterocycles. The summed E-state index contributed by atoms with van der Waals surface area (Å²) < 4.78 is 33.4. The van der Waals surface area contributed by atoms with Crippen molar-refractivity contribution in [1.29, 1.82) is 0 Å². The average molecular weight is 384 g/mol. The zero-order valence-corrected chi connectivity index (χ0v) is 14.4. The molecule has 0 bridgehead atoms. The highest BCUT2D eigenvalue weighted by atomic mass is 32.2. The number of amides is 1. The molecule has 0 unspecified atom stereocenters. The minimum Gasteiger partial charge on any atom is -0.425 e. The van der Waals surface area contributed by atoms with E-state index >= 15 is 0 Å². The molecule has 0 aliphatic heterocycles. The summed E-state index contributed by atoms with van der Waals surface area (Å²) in [4.78, 5) is 24.8. The van der Waals surface area contributed by atoms with Crippen LogP contribution >= 0.6 is 0 Å². The maximum absolute atomic E-state index is 12.5. The Bertz CT molecular complexity index is 1350. The fraction of sp³-hybridized carbons (Fsp3) is 0. The molecular formula is C18H12N2O6S. The molecule has 0 aliphatic rings. The Morgan fingerprint density at radius 2 is 1.67 bits per heavy atom. The molecule has 0 saturated carbocycles. The van der Waals surface area contributed by atoms with E-state index in [2.05, 4.69) is 5.32 Å². The third kappa shape index (κ3) is 3.09. The fourth-order valence-corrected chi connectivity index (χ4v) is 3.14. The van der Waals surface area contributed by atoms with Crippen LogP contribution in [0.4, 0.5) is 5.69 Å². The predicted octanol–water partition coefficient (Wildman–Crippen LogP) is 2.44. The molecule has 0 fully saturated rings. The molecule has 1 amide bonds. The summed E-state index contributed by atoms with van der Waals surface area (Å²) in [5.41, 5.74) is 0.388. The summed E-state index contributed by atoms with van der Waals surface area (Å²) in [6.07, 6.45) is 0. The van der Waals surface area contributed by atoms with Gasteiger partial charge in [-0.2, -0.15) is 0 Å². The van der Waals surface area contributed by atoms with E-state index in [9.17, 15) is 18.0 Å². The number of benzene rings is 2. The molecule has 4 rings (SSSR count). The Hall–Kier alpha value is -3.43. The van der Waals surface area contributed by atoms with Gasteiger partial charge in [0.05, 0.1) is 10.3 Å². The highest BCUT2D eigenvalue weighted by molar-refractivity contribution is 7.89. The van der Waals surface area contributed by atoms with E-state index in [1.54, 1.807) is 24.3 Å². The number of sulfonamides is 1. The van der Waals surface area contributed by atoms with Crippen LogP contribution in [0.15, 0.2) is 73.1 Å². The van der Waals surface area contributed by atoms with Gasteiger partial charge < -0.3 is 14.2 Å². The van der Waals surface area contributed by atoms with Gasteiger partial charge in [-0.3, -0.25) is 9.59 Å². The number of carbonyl (C=O) groups is 1. The number of para-hydroxylation sites is 1. The zero-order chi connectivity index (χ0) is 19.2. The number of anilines is 1. The summed E-state index contributed by atoms with van der Waals surface area (Å²) in [6, 6.07) is 13.3. The molecule has 0 saturated heterocycles. The van der Waals surface area contributed by atoms with Gasteiger partial charge in [-0.15, -0.1) is 0 Å². The van der Waals surface area contributed by atoms with Gasteiger partial charge >= 0.3 is 5.78 Å². The topological polar surface area (TPSA) is 133 Å². The maximum Gasteiger partial charge on any atom is 0.302 e. The highest BCUT2D eigenvalue weighted by Gasteiger charge is 2.18. The van der Waals surface area contributed by atoms with Gasteiger partial charge in [-0.05, 0) is 36.4 Å². The van der Waals surface area contributed by atoms with Crippen LogP contribution in [0, 0.1) is 0 Å². The SMILES string of the molecule is NS(=O)(=O)c1ccc(NC(=O)c2cc3c(=O)c4ccccc4oc3o2)cc1. The number of nitrogens with one attached hydrogen (secondary N) is 1. The first-order valence-electron chi connectivity index (χ1n) is 7.72. The quantitative estimate of drug-likeness (QED) is 0.557. The number of primary sulfonamides is 1. The standard InChI is InChI=1S/C18H12N2O6S/c19-27(23,24)11-7-5-10(6-8-11)20-17(22)15-9-13-16(21)12-3-1-2-4-14(12)25-18(13)26-15/h1-9H,(H,20,22)(H2,19,23,24). The second-order valence-electron chi connectivity index (χ2n) is 5.76. The Kier molecular flexibility index (Phi) is 3.83. The van der Waals surface area contributed by atoms with Crippen molar-refractivity contribution in [3.8, 4) is 0 Å². The van der Waals surface area contributed by atoms with Crippen molar-refractivity contribution in [2.24, 2.45) is 5.14 Å². The summed E-state index contributed by atoms with van der Waals surface area (Å²) in [5.74, 6) is -0.779. The van der Waals surface area contributed by atoms with Crippen molar-refractivity contribution in [2.75, 3.05) is 5.32 Å². The summed E-state index contributed by atoms with van der Waals surface area (Å²) >= 11 is 0. The third-order valence-electron chi connectivity index (χ3n) is 3.94. The number of furan rings is 1. The van der Waals surface area contributed by atoms with Crippen LogP contribution in [0.5, 0.6) is 0 Å². The van der Waals surface area contributed by atoms with E-state index in [1.165, 1.54) is 30.3 Å². The normalized spacial score (nSPS) is 11.7. The number of fused-ring (bicyclic) bond motifs is 2. The van der Waals surface area contributed by atoms with Crippen LogP contribution < -0.4 is 15.9 Å². The van der Waals surface area contributed by atoms with Crippen molar-refractivity contribution in [1.82, 2.24) is 0 Å². The lowest BCUT2D eigenvalue weighted by Gasteiger charge is -2.04. The molecule has 27 heavy (non-hydrogen) atoms. The summed E-state index contributed by atoms with van der Waals surface area (Å²) in [7, 11) is -3.82. The maximum atomic E-state index is 12.5.